The van der Waals surface area contributed by atoms with Crippen molar-refractivity contribution in [2.45, 2.75) is 6.92 Å². The summed E-state index contributed by atoms with van der Waals surface area (Å²) < 4.78 is 11.0. The van der Waals surface area contributed by atoms with E-state index < -0.39 is 0 Å². The van der Waals surface area contributed by atoms with Gasteiger partial charge in [0.1, 0.15) is 0 Å². The van der Waals surface area contributed by atoms with E-state index in [1.54, 1.807) is 42.6 Å². The van der Waals surface area contributed by atoms with E-state index >= 15 is 0 Å². The number of anilines is 1. The molecule has 0 aliphatic rings. The fraction of sp³-hybridized carbons (Fsp3) is 0.125. The van der Waals surface area contributed by atoms with Crippen LogP contribution in [0, 0.1) is 6.92 Å². The number of ether oxygens (including phenoxy) is 2. The minimum absolute atomic E-state index is 0.143. The van der Waals surface area contributed by atoms with Crippen molar-refractivity contribution in [1.82, 2.24) is 4.98 Å². The van der Waals surface area contributed by atoms with E-state index in [2.05, 4.69) is 10.3 Å². The van der Waals surface area contributed by atoms with Crippen LogP contribution in [0.4, 0.5) is 5.69 Å². The number of nitrogens with one attached hydrogen (secondary N) is 1. The molecular formula is C24H22N2O4. The third-order valence-electron chi connectivity index (χ3n) is 4.34. The van der Waals surface area contributed by atoms with Gasteiger partial charge in [0.2, 0.25) is 0 Å². The van der Waals surface area contributed by atoms with Crippen molar-refractivity contribution in [3.8, 4) is 11.5 Å². The summed E-state index contributed by atoms with van der Waals surface area (Å²) in [4.78, 5) is 28.3. The Kier molecular flexibility index (Phi) is 6.95. The molecule has 3 aromatic rings. The predicted molar refractivity (Wildman–Crippen MR) is 116 cm³/mol. The number of benzene rings is 2. The molecule has 1 N–H and O–H groups in total. The van der Waals surface area contributed by atoms with Crippen LogP contribution in [-0.2, 0) is 4.79 Å². The van der Waals surface area contributed by atoms with Crippen LogP contribution in [-0.4, -0.2) is 30.4 Å². The summed E-state index contributed by atoms with van der Waals surface area (Å²) in [5, 5.41) is 2.82. The van der Waals surface area contributed by atoms with Crippen LogP contribution < -0.4 is 14.8 Å². The minimum atomic E-state index is -0.266. The molecular weight excluding hydrogens is 380 g/mol. The normalized spacial score (nSPS) is 10.6. The molecule has 0 atom stereocenters. The zero-order valence-corrected chi connectivity index (χ0v) is 16.8. The number of rotatable bonds is 8. The fourth-order valence-corrected chi connectivity index (χ4v) is 2.73. The number of aromatic nitrogens is 1. The topological polar surface area (TPSA) is 77.5 Å². The van der Waals surface area contributed by atoms with Gasteiger partial charge >= 0.3 is 0 Å². The van der Waals surface area contributed by atoms with Crippen LogP contribution in [0.25, 0.3) is 6.08 Å². The second-order valence-corrected chi connectivity index (χ2v) is 6.50. The summed E-state index contributed by atoms with van der Waals surface area (Å²) in [6.45, 7) is 1.77. The van der Waals surface area contributed by atoms with Gasteiger partial charge in [-0.05, 0) is 54.5 Å². The first-order chi connectivity index (χ1) is 14.6. The zero-order chi connectivity index (χ0) is 21.3. The van der Waals surface area contributed by atoms with E-state index in [-0.39, 0.29) is 18.3 Å². The lowest BCUT2D eigenvalue weighted by Crippen LogP contribution is -2.20. The van der Waals surface area contributed by atoms with E-state index in [9.17, 15) is 9.59 Å². The fourth-order valence-electron chi connectivity index (χ4n) is 2.73. The molecule has 1 aromatic heterocycles. The minimum Gasteiger partial charge on any atom is -0.493 e. The van der Waals surface area contributed by atoms with Crippen molar-refractivity contribution in [2.24, 2.45) is 0 Å². The highest BCUT2D eigenvalue weighted by Crippen LogP contribution is 2.28. The Hall–Kier alpha value is -3.93. The number of carbonyl (C=O) groups excluding carboxylic acids is 2. The van der Waals surface area contributed by atoms with Crippen molar-refractivity contribution in [3.05, 3.63) is 89.8 Å². The van der Waals surface area contributed by atoms with Crippen LogP contribution in [0.1, 0.15) is 21.5 Å². The summed E-state index contributed by atoms with van der Waals surface area (Å²) in [6.07, 6.45) is 6.30. The molecule has 30 heavy (non-hydrogen) atoms. The van der Waals surface area contributed by atoms with Gasteiger partial charge in [-0.25, -0.2) is 0 Å². The van der Waals surface area contributed by atoms with Crippen molar-refractivity contribution in [1.29, 1.82) is 0 Å². The Bertz CT molecular complexity index is 1060. The molecule has 1 amide bonds. The molecule has 152 valence electrons. The highest BCUT2D eigenvalue weighted by atomic mass is 16.5. The maximum atomic E-state index is 12.2. The quantitative estimate of drug-likeness (QED) is 0.449. The Morgan fingerprint density at radius 2 is 1.90 bits per heavy atom. The lowest BCUT2D eigenvalue weighted by Gasteiger charge is -2.12. The molecule has 2 aromatic carbocycles. The molecule has 0 spiro atoms. The molecule has 6 heteroatoms. The van der Waals surface area contributed by atoms with Gasteiger partial charge in [-0.2, -0.15) is 0 Å². The van der Waals surface area contributed by atoms with Gasteiger partial charge in [-0.3, -0.25) is 14.6 Å². The largest absolute Gasteiger partial charge is 0.493 e. The number of carbonyl (C=O) groups is 2. The van der Waals surface area contributed by atoms with Gasteiger partial charge in [0.05, 0.1) is 7.11 Å². The first-order valence-electron chi connectivity index (χ1n) is 9.35. The number of methoxy groups -OCH3 is 1. The molecule has 0 bridgehead atoms. The van der Waals surface area contributed by atoms with Crippen LogP contribution >= 0.6 is 0 Å². The van der Waals surface area contributed by atoms with E-state index in [0.717, 1.165) is 16.8 Å². The molecule has 0 saturated carbocycles. The third-order valence-corrected chi connectivity index (χ3v) is 4.34. The molecule has 0 fully saturated rings. The average Bonchev–Trinajstić information content (AvgIpc) is 2.78. The number of pyridine rings is 1. The lowest BCUT2D eigenvalue weighted by atomic mass is 10.1. The van der Waals surface area contributed by atoms with Gasteiger partial charge in [0.15, 0.2) is 23.9 Å². The third kappa shape index (κ3) is 5.54. The van der Waals surface area contributed by atoms with E-state index in [1.807, 2.05) is 31.2 Å². The average molecular weight is 402 g/mol. The number of hydrogen-bond acceptors (Lipinski definition) is 5. The summed E-state index contributed by atoms with van der Waals surface area (Å²) >= 11 is 0. The van der Waals surface area contributed by atoms with Crippen LogP contribution in [0.5, 0.6) is 11.5 Å². The summed E-state index contributed by atoms with van der Waals surface area (Å²) in [7, 11) is 1.52. The van der Waals surface area contributed by atoms with E-state index in [0.29, 0.717) is 17.1 Å². The van der Waals surface area contributed by atoms with E-state index in [4.69, 9.17) is 9.47 Å². The standard InChI is InChI=1S/C24H22N2O4/c1-17-6-3-4-8-20(17)26-24(28)16-30-22-12-10-18(14-23(22)29-2)9-11-21(27)19-7-5-13-25-15-19/h3-15H,16H2,1-2H3,(H,26,28)/b11-9+. The van der Waals surface area contributed by atoms with Gasteiger partial charge in [0, 0.05) is 23.6 Å². The molecule has 0 aliphatic carbocycles. The Morgan fingerprint density at radius 1 is 1.07 bits per heavy atom. The first kappa shape index (κ1) is 20.8. The Balaban J connectivity index is 1.62. The Labute approximate surface area is 175 Å². The second-order valence-electron chi connectivity index (χ2n) is 6.50. The number of aryl methyl sites for hydroxylation is 1. The number of para-hydroxylation sites is 1. The number of ketones is 1. The van der Waals surface area contributed by atoms with Crippen LogP contribution in [0.15, 0.2) is 73.1 Å². The van der Waals surface area contributed by atoms with Crippen LogP contribution in [0.3, 0.4) is 0 Å². The van der Waals surface area contributed by atoms with Gasteiger partial charge in [0.25, 0.3) is 5.91 Å². The Morgan fingerprint density at radius 3 is 2.63 bits per heavy atom. The lowest BCUT2D eigenvalue weighted by molar-refractivity contribution is -0.118. The molecule has 0 aliphatic heterocycles. The van der Waals surface area contributed by atoms with Gasteiger partial charge in [-0.1, -0.05) is 30.3 Å². The second kappa shape index (κ2) is 10.0. The van der Waals surface area contributed by atoms with E-state index in [1.165, 1.54) is 19.4 Å². The number of amides is 1. The monoisotopic (exact) mass is 402 g/mol. The maximum Gasteiger partial charge on any atom is 0.262 e. The predicted octanol–water partition coefficient (Wildman–Crippen LogP) is 4.31. The summed E-state index contributed by atoms with van der Waals surface area (Å²) in [6, 6.07) is 16.2. The van der Waals surface area contributed by atoms with Crippen molar-refractivity contribution in [3.63, 3.8) is 0 Å². The van der Waals surface area contributed by atoms with Gasteiger partial charge in [-0.15, -0.1) is 0 Å². The maximum absolute atomic E-state index is 12.2. The molecule has 0 unspecified atom stereocenters. The number of hydrogen-bond donors (Lipinski definition) is 1. The van der Waals surface area contributed by atoms with Crippen LogP contribution in [0.2, 0.25) is 0 Å². The SMILES string of the molecule is COc1cc(/C=C/C(=O)c2cccnc2)ccc1OCC(=O)Nc1ccccc1C. The van der Waals surface area contributed by atoms with Crippen molar-refractivity contribution < 1.29 is 19.1 Å². The molecule has 3 rings (SSSR count). The van der Waals surface area contributed by atoms with Crippen molar-refractivity contribution in [2.75, 3.05) is 19.0 Å². The molecule has 0 saturated heterocycles. The molecule has 1 heterocycles. The highest BCUT2D eigenvalue weighted by Gasteiger charge is 2.10. The summed E-state index contributed by atoms with van der Waals surface area (Å²) in [5.74, 6) is 0.496. The summed E-state index contributed by atoms with van der Waals surface area (Å²) in [5.41, 5.74) is 3.00. The van der Waals surface area contributed by atoms with Crippen molar-refractivity contribution >= 4 is 23.5 Å². The zero-order valence-electron chi connectivity index (χ0n) is 16.8. The highest BCUT2D eigenvalue weighted by molar-refractivity contribution is 6.06. The molecule has 6 nitrogen and oxygen atoms in total. The smallest absolute Gasteiger partial charge is 0.262 e. The number of nitrogens with zero attached hydrogens (tertiary/aromatic N) is 1. The van der Waals surface area contributed by atoms with Gasteiger partial charge < -0.3 is 14.8 Å². The molecule has 0 radical (unpaired) electrons. The number of allylic oxidation sites excluding steroid dienone is 1. The first-order valence-corrected chi connectivity index (χ1v) is 9.35.